The fourth-order valence-corrected chi connectivity index (χ4v) is 4.73. The smallest absolute Gasteiger partial charge is 0.257 e. The second-order valence-corrected chi connectivity index (χ2v) is 9.31. The average molecular weight is 468 g/mol. The normalized spacial score (nSPS) is 19.7. The Labute approximate surface area is 199 Å². The summed E-state index contributed by atoms with van der Waals surface area (Å²) in [7, 11) is 1.78. The zero-order valence-electron chi connectivity index (χ0n) is 19.8. The second-order valence-electron chi connectivity index (χ2n) is 9.31. The molecule has 1 saturated heterocycles. The number of nitrogens with one attached hydrogen (secondary N) is 1. The minimum atomic E-state index is -0.278. The van der Waals surface area contributed by atoms with Crippen molar-refractivity contribution in [3.63, 3.8) is 0 Å². The van der Waals surface area contributed by atoms with Crippen LogP contribution in [-0.4, -0.2) is 73.1 Å². The molecule has 0 radical (unpaired) electrons. The van der Waals surface area contributed by atoms with Crippen LogP contribution in [0.4, 0.5) is 0 Å². The first-order chi connectivity index (χ1) is 16.5. The predicted molar refractivity (Wildman–Crippen MR) is 128 cm³/mol. The van der Waals surface area contributed by atoms with Gasteiger partial charge in [0.1, 0.15) is 5.75 Å². The van der Waals surface area contributed by atoms with Crippen molar-refractivity contribution in [2.45, 2.75) is 32.1 Å². The molecule has 1 N–H and O–H groups in total. The second kappa shape index (κ2) is 10.9. The van der Waals surface area contributed by atoms with Gasteiger partial charge in [0.05, 0.1) is 18.8 Å². The maximum Gasteiger partial charge on any atom is 0.257 e. The van der Waals surface area contributed by atoms with Gasteiger partial charge in [0.15, 0.2) is 0 Å². The molecular weight excluding hydrogens is 434 g/mol. The van der Waals surface area contributed by atoms with Crippen molar-refractivity contribution in [2.24, 2.45) is 5.41 Å². The van der Waals surface area contributed by atoms with E-state index in [1.54, 1.807) is 24.1 Å². The number of para-hydroxylation sites is 1. The number of ether oxygens (including phenoxy) is 2. The van der Waals surface area contributed by atoms with Gasteiger partial charge in [-0.1, -0.05) is 18.6 Å². The Morgan fingerprint density at radius 2 is 1.79 bits per heavy atom. The molecule has 1 spiro atoms. The Balaban J connectivity index is 1.49. The van der Waals surface area contributed by atoms with Crippen LogP contribution in [0.5, 0.6) is 5.75 Å². The highest BCUT2D eigenvalue weighted by molar-refractivity contribution is 5.96. The van der Waals surface area contributed by atoms with Gasteiger partial charge in [-0.05, 0) is 43.9 Å². The highest BCUT2D eigenvalue weighted by Crippen LogP contribution is 2.38. The molecule has 182 valence electrons. The lowest BCUT2D eigenvalue weighted by Gasteiger charge is -2.42. The summed E-state index contributed by atoms with van der Waals surface area (Å²) in [5.74, 6) is 0.400. The maximum absolute atomic E-state index is 13.0. The summed E-state index contributed by atoms with van der Waals surface area (Å²) in [6, 6.07) is 10.4. The van der Waals surface area contributed by atoms with Gasteiger partial charge >= 0.3 is 0 Å². The number of benzene rings is 1. The fraction of sp³-hybridized carbons (Fsp3) is 0.500. The lowest BCUT2D eigenvalue weighted by atomic mass is 9.75. The quantitative estimate of drug-likeness (QED) is 0.696. The molecule has 0 unspecified atom stereocenters. The van der Waals surface area contributed by atoms with Gasteiger partial charge in [0.25, 0.3) is 11.8 Å². The molecule has 1 aromatic carbocycles. The molecule has 2 aliphatic heterocycles. The van der Waals surface area contributed by atoms with Crippen molar-refractivity contribution in [1.82, 2.24) is 14.8 Å². The number of hydrogen-bond acceptors (Lipinski definition) is 5. The van der Waals surface area contributed by atoms with Crippen LogP contribution in [0.25, 0.3) is 0 Å². The third-order valence-corrected chi connectivity index (χ3v) is 6.95. The molecule has 1 aromatic heterocycles. The van der Waals surface area contributed by atoms with E-state index in [4.69, 9.17) is 9.47 Å². The highest BCUT2D eigenvalue weighted by atomic mass is 16.5. The summed E-state index contributed by atoms with van der Waals surface area (Å²) in [6.45, 7) is 3.42. The molecule has 2 aromatic rings. The molecule has 34 heavy (non-hydrogen) atoms. The SMILES string of the molecule is CN1CCOCCCCC2(CCN(C(=O)c3cc[nH]c(=O)c3)CC2)COc2ccccc2C1=O. The maximum atomic E-state index is 13.0. The summed E-state index contributed by atoms with van der Waals surface area (Å²) in [5.41, 5.74) is 0.603. The lowest BCUT2D eigenvalue weighted by Crippen LogP contribution is -2.45. The van der Waals surface area contributed by atoms with Crippen LogP contribution in [0, 0.1) is 5.41 Å². The topological polar surface area (TPSA) is 91.9 Å². The van der Waals surface area contributed by atoms with Crippen molar-refractivity contribution in [3.8, 4) is 5.75 Å². The summed E-state index contributed by atoms with van der Waals surface area (Å²) < 4.78 is 12.1. The van der Waals surface area contributed by atoms with Crippen LogP contribution in [0.2, 0.25) is 0 Å². The molecule has 8 heteroatoms. The van der Waals surface area contributed by atoms with Gasteiger partial charge < -0.3 is 24.3 Å². The van der Waals surface area contributed by atoms with E-state index in [2.05, 4.69) is 4.98 Å². The number of pyridine rings is 1. The number of likely N-dealkylation sites (N-methyl/N-ethyl adjacent to an activating group) is 1. The minimum Gasteiger partial charge on any atom is -0.492 e. The molecule has 0 bridgehead atoms. The Morgan fingerprint density at radius 3 is 2.59 bits per heavy atom. The fourth-order valence-electron chi connectivity index (χ4n) is 4.73. The average Bonchev–Trinajstić information content (AvgIpc) is 2.86. The number of carbonyl (C=O) groups is 2. The molecule has 3 heterocycles. The Kier molecular flexibility index (Phi) is 7.67. The summed E-state index contributed by atoms with van der Waals surface area (Å²) in [4.78, 5) is 43.5. The molecule has 0 aliphatic carbocycles. The van der Waals surface area contributed by atoms with Crippen molar-refractivity contribution in [2.75, 3.05) is 46.5 Å². The third kappa shape index (κ3) is 5.67. The van der Waals surface area contributed by atoms with E-state index < -0.39 is 0 Å². The first kappa shape index (κ1) is 24.0. The number of carbonyl (C=O) groups excluding carboxylic acids is 2. The zero-order chi connectivity index (χ0) is 24.0. The first-order valence-electron chi connectivity index (χ1n) is 12.0. The van der Waals surface area contributed by atoms with Gasteiger partial charge in [-0.2, -0.15) is 0 Å². The number of H-pyrrole nitrogens is 1. The highest BCUT2D eigenvalue weighted by Gasteiger charge is 2.37. The molecule has 1 fully saturated rings. The molecule has 2 aliphatic rings. The van der Waals surface area contributed by atoms with E-state index in [9.17, 15) is 14.4 Å². The van der Waals surface area contributed by atoms with Gasteiger partial charge in [-0.3, -0.25) is 14.4 Å². The molecular formula is C26H33N3O5. The number of fused-ring (bicyclic) bond motifs is 1. The molecule has 0 atom stereocenters. The zero-order valence-corrected chi connectivity index (χ0v) is 19.8. The van der Waals surface area contributed by atoms with Crippen LogP contribution >= 0.6 is 0 Å². The van der Waals surface area contributed by atoms with E-state index in [0.29, 0.717) is 56.3 Å². The largest absolute Gasteiger partial charge is 0.492 e. The lowest BCUT2D eigenvalue weighted by molar-refractivity contribution is 0.0329. The predicted octanol–water partition coefficient (Wildman–Crippen LogP) is 2.95. The Morgan fingerprint density at radius 1 is 1.00 bits per heavy atom. The van der Waals surface area contributed by atoms with Crippen LogP contribution in [-0.2, 0) is 4.74 Å². The first-order valence-corrected chi connectivity index (χ1v) is 12.0. The van der Waals surface area contributed by atoms with Crippen molar-refractivity contribution in [1.29, 1.82) is 0 Å². The van der Waals surface area contributed by atoms with Gasteiger partial charge in [-0.15, -0.1) is 0 Å². The monoisotopic (exact) mass is 467 g/mol. The van der Waals surface area contributed by atoms with Gasteiger partial charge in [-0.25, -0.2) is 0 Å². The Hall–Kier alpha value is -3.13. The van der Waals surface area contributed by atoms with Gasteiger partial charge in [0.2, 0.25) is 5.56 Å². The van der Waals surface area contributed by atoms with Crippen LogP contribution in [0.1, 0.15) is 52.8 Å². The molecule has 2 amide bonds. The van der Waals surface area contributed by atoms with Crippen LogP contribution in [0.15, 0.2) is 47.4 Å². The summed E-state index contributed by atoms with van der Waals surface area (Å²) in [6.07, 6.45) is 6.05. The number of hydrogen-bond donors (Lipinski definition) is 1. The number of piperidine rings is 1. The molecule has 4 rings (SSSR count). The number of aromatic amines is 1. The number of nitrogens with zero attached hydrogens (tertiary/aromatic N) is 2. The number of rotatable bonds is 1. The minimum absolute atomic E-state index is 0.0800. The Bertz CT molecular complexity index is 1060. The van der Waals surface area contributed by atoms with Crippen molar-refractivity contribution < 1.29 is 19.1 Å². The number of amides is 2. The summed E-state index contributed by atoms with van der Waals surface area (Å²) >= 11 is 0. The standard InChI is InChI=1S/C26H33N3O5/c1-28-15-17-33-16-5-4-9-26(19-34-22-7-3-2-6-21(22)25(28)32)10-13-29(14-11-26)24(31)20-8-12-27-23(30)18-20/h2-3,6-8,12,18H,4-5,9-11,13-17,19H2,1H3,(H,27,30). The van der Waals surface area contributed by atoms with E-state index in [-0.39, 0.29) is 22.8 Å². The van der Waals surface area contributed by atoms with Crippen LogP contribution < -0.4 is 10.3 Å². The van der Waals surface area contributed by atoms with E-state index in [1.165, 1.54) is 12.3 Å². The van der Waals surface area contributed by atoms with Crippen molar-refractivity contribution >= 4 is 11.8 Å². The van der Waals surface area contributed by atoms with Gasteiger partial charge in [0, 0.05) is 56.5 Å². The number of aromatic nitrogens is 1. The molecule has 8 nitrogen and oxygen atoms in total. The van der Waals surface area contributed by atoms with E-state index in [0.717, 1.165) is 32.1 Å². The number of likely N-dealkylation sites (tertiary alicyclic amines) is 1. The summed E-state index contributed by atoms with van der Waals surface area (Å²) in [5, 5.41) is 0. The molecule has 0 saturated carbocycles. The van der Waals surface area contributed by atoms with E-state index >= 15 is 0 Å². The van der Waals surface area contributed by atoms with Crippen molar-refractivity contribution in [3.05, 3.63) is 64.1 Å². The third-order valence-electron chi connectivity index (χ3n) is 6.95. The van der Waals surface area contributed by atoms with Crippen LogP contribution in [0.3, 0.4) is 0 Å². The van der Waals surface area contributed by atoms with E-state index in [1.807, 2.05) is 23.1 Å².